The molecule has 2 nitrogen and oxygen atoms in total. The van der Waals surface area contributed by atoms with Crippen LogP contribution in [-0.4, -0.2) is 18.0 Å². The molecule has 0 radical (unpaired) electrons. The molecular weight excluding hydrogens is 364 g/mol. The summed E-state index contributed by atoms with van der Waals surface area (Å²) in [7, 11) is -1.83. The summed E-state index contributed by atoms with van der Waals surface area (Å²) in [6, 6.07) is 1.99. The molecular formula is C16H24BrClN2Si. The average Bonchev–Trinajstić information content (AvgIpc) is 2.83. The largest absolute Gasteiger partial charge is 0.346 e. The highest BCUT2D eigenvalue weighted by molar-refractivity contribution is 9.10. The molecule has 0 spiro atoms. The molecule has 0 bridgehead atoms. The minimum atomic E-state index is -1.83. The average molecular weight is 388 g/mol. The van der Waals surface area contributed by atoms with E-state index in [0.717, 1.165) is 20.5 Å². The summed E-state index contributed by atoms with van der Waals surface area (Å²) >= 11 is 10.4. The van der Waals surface area contributed by atoms with Crippen molar-refractivity contribution in [3.63, 3.8) is 0 Å². The van der Waals surface area contributed by atoms with Crippen LogP contribution >= 0.6 is 27.5 Å². The molecule has 0 aliphatic heterocycles. The van der Waals surface area contributed by atoms with Gasteiger partial charge in [0.25, 0.3) is 0 Å². The molecule has 2 aromatic rings. The Kier molecular flexibility index (Phi) is 4.91. The van der Waals surface area contributed by atoms with Gasteiger partial charge in [0.15, 0.2) is 0 Å². The fourth-order valence-electron chi connectivity index (χ4n) is 4.12. The molecule has 0 fully saturated rings. The maximum atomic E-state index is 6.61. The fraction of sp³-hybridized carbons (Fsp3) is 0.562. The van der Waals surface area contributed by atoms with Crippen molar-refractivity contribution in [1.82, 2.24) is 9.97 Å². The first-order valence-corrected chi connectivity index (χ1v) is 11.0. The molecule has 0 aromatic carbocycles. The van der Waals surface area contributed by atoms with Gasteiger partial charge in [0.1, 0.15) is 13.7 Å². The van der Waals surface area contributed by atoms with E-state index in [2.05, 4.69) is 62.5 Å². The Morgan fingerprint density at radius 2 is 1.62 bits per heavy atom. The van der Waals surface area contributed by atoms with Crippen LogP contribution in [-0.2, 0) is 0 Å². The van der Waals surface area contributed by atoms with Gasteiger partial charge < -0.3 is 4.98 Å². The fourth-order valence-corrected chi connectivity index (χ4v) is 12.2. The molecule has 2 aromatic heterocycles. The number of hydrogen-bond acceptors (Lipinski definition) is 1. The zero-order valence-electron chi connectivity index (χ0n) is 13.6. The Hall–Kier alpha value is -0.323. The molecule has 0 saturated carbocycles. The lowest BCUT2D eigenvalue weighted by Crippen LogP contribution is -2.57. The summed E-state index contributed by atoms with van der Waals surface area (Å²) in [4.78, 5) is 8.23. The second-order valence-corrected chi connectivity index (χ2v) is 13.7. The lowest BCUT2D eigenvalue weighted by Gasteiger charge is -2.43. The van der Waals surface area contributed by atoms with Crippen molar-refractivity contribution >= 4 is 52.0 Å². The molecule has 116 valence electrons. The monoisotopic (exact) mass is 386 g/mol. The number of rotatable bonds is 4. The van der Waals surface area contributed by atoms with Crippen LogP contribution in [0.3, 0.4) is 0 Å². The third-order valence-corrected chi connectivity index (χ3v) is 13.5. The van der Waals surface area contributed by atoms with E-state index in [9.17, 15) is 0 Å². The summed E-state index contributed by atoms with van der Waals surface area (Å²) in [5, 5.41) is 2.99. The van der Waals surface area contributed by atoms with Gasteiger partial charge in [-0.05, 0) is 38.6 Å². The summed E-state index contributed by atoms with van der Waals surface area (Å²) in [6.45, 7) is 14.0. The number of hydrogen-bond donors (Lipinski definition) is 1. The highest BCUT2D eigenvalue weighted by atomic mass is 79.9. The van der Waals surface area contributed by atoms with E-state index in [1.54, 1.807) is 0 Å². The second-order valence-electron chi connectivity index (χ2n) is 6.73. The second kappa shape index (κ2) is 6.05. The Labute approximate surface area is 141 Å². The molecule has 0 saturated heterocycles. The third-order valence-electron chi connectivity index (χ3n) is 4.86. The van der Waals surface area contributed by atoms with Crippen molar-refractivity contribution in [2.24, 2.45) is 0 Å². The first-order chi connectivity index (χ1) is 9.74. The first-order valence-electron chi connectivity index (χ1n) is 7.57. The SMILES string of the molecule is CC(C)[Si](c1nc2[nH]ccc2c(Cl)c1Br)(C(C)C)C(C)C. The van der Waals surface area contributed by atoms with Crippen molar-refractivity contribution in [1.29, 1.82) is 0 Å². The van der Waals surface area contributed by atoms with Crippen LogP contribution in [0.2, 0.25) is 21.6 Å². The number of H-pyrrole nitrogens is 1. The molecule has 0 amide bonds. The van der Waals surface area contributed by atoms with E-state index in [4.69, 9.17) is 16.6 Å². The summed E-state index contributed by atoms with van der Waals surface area (Å²) in [6.07, 6.45) is 1.91. The highest BCUT2D eigenvalue weighted by Crippen LogP contribution is 2.43. The van der Waals surface area contributed by atoms with E-state index in [-0.39, 0.29) is 0 Å². The van der Waals surface area contributed by atoms with Crippen molar-refractivity contribution in [3.8, 4) is 0 Å². The van der Waals surface area contributed by atoms with Crippen LogP contribution in [0, 0.1) is 0 Å². The number of pyridine rings is 1. The quantitative estimate of drug-likeness (QED) is 0.653. The van der Waals surface area contributed by atoms with Gasteiger partial charge in [-0.25, -0.2) is 4.98 Å². The maximum Gasteiger partial charge on any atom is 0.138 e. The molecule has 1 N–H and O–H groups in total. The standard InChI is InChI=1S/C16H24BrClN2Si/c1-9(2)21(10(3)4,11(5)6)16-13(17)14(18)12-7-8-19-15(12)20-16/h7-11H,1-6H3,(H,19,20). The third kappa shape index (κ3) is 2.49. The Morgan fingerprint density at radius 3 is 2.10 bits per heavy atom. The van der Waals surface area contributed by atoms with Gasteiger partial charge in [-0.1, -0.05) is 53.1 Å². The molecule has 2 rings (SSSR count). The van der Waals surface area contributed by atoms with Crippen LogP contribution in [0.15, 0.2) is 16.7 Å². The summed E-state index contributed by atoms with van der Waals surface area (Å²) in [5.74, 6) is 0. The Balaban J connectivity index is 2.85. The first kappa shape index (κ1) is 17.0. The van der Waals surface area contributed by atoms with Gasteiger partial charge in [0, 0.05) is 16.9 Å². The predicted octanol–water partition coefficient (Wildman–Crippen LogP) is 5.86. The van der Waals surface area contributed by atoms with E-state index < -0.39 is 8.07 Å². The van der Waals surface area contributed by atoms with Crippen LogP contribution in [0.1, 0.15) is 41.5 Å². The van der Waals surface area contributed by atoms with E-state index in [1.807, 2.05) is 12.3 Å². The smallest absolute Gasteiger partial charge is 0.138 e. The molecule has 0 unspecified atom stereocenters. The predicted molar refractivity (Wildman–Crippen MR) is 99.5 cm³/mol. The number of fused-ring (bicyclic) bond motifs is 1. The van der Waals surface area contributed by atoms with Crippen LogP contribution in [0.25, 0.3) is 11.0 Å². The highest BCUT2D eigenvalue weighted by Gasteiger charge is 2.47. The van der Waals surface area contributed by atoms with Crippen molar-refractivity contribution in [2.45, 2.75) is 58.2 Å². The zero-order valence-corrected chi connectivity index (χ0v) is 16.9. The minimum absolute atomic E-state index is 0.602. The van der Waals surface area contributed by atoms with Crippen molar-refractivity contribution < 1.29 is 0 Å². The normalized spacial score (nSPS) is 13.1. The number of nitrogens with zero attached hydrogens (tertiary/aromatic N) is 1. The molecule has 21 heavy (non-hydrogen) atoms. The van der Waals surface area contributed by atoms with Gasteiger partial charge in [-0.2, -0.15) is 0 Å². The molecule has 0 aliphatic rings. The Morgan fingerprint density at radius 1 is 1.10 bits per heavy atom. The molecule has 0 atom stereocenters. The van der Waals surface area contributed by atoms with Gasteiger partial charge in [-0.3, -0.25) is 0 Å². The summed E-state index contributed by atoms with van der Waals surface area (Å²) < 4.78 is 0.999. The maximum absolute atomic E-state index is 6.61. The number of nitrogens with one attached hydrogen (secondary N) is 1. The lowest BCUT2D eigenvalue weighted by atomic mass is 10.3. The zero-order chi connectivity index (χ0) is 15.9. The number of aromatic nitrogens is 2. The Bertz CT molecular complexity index is 627. The molecule has 5 heteroatoms. The minimum Gasteiger partial charge on any atom is -0.346 e. The number of halogens is 2. The van der Waals surface area contributed by atoms with E-state index in [1.165, 1.54) is 5.32 Å². The van der Waals surface area contributed by atoms with Crippen molar-refractivity contribution in [2.75, 3.05) is 0 Å². The topological polar surface area (TPSA) is 28.7 Å². The van der Waals surface area contributed by atoms with Gasteiger partial charge in [-0.15, -0.1) is 0 Å². The van der Waals surface area contributed by atoms with E-state index >= 15 is 0 Å². The van der Waals surface area contributed by atoms with E-state index in [0.29, 0.717) is 16.6 Å². The van der Waals surface area contributed by atoms with Gasteiger partial charge in [0.05, 0.1) is 9.50 Å². The number of aromatic amines is 1. The molecule has 0 aliphatic carbocycles. The van der Waals surface area contributed by atoms with Crippen LogP contribution in [0.4, 0.5) is 0 Å². The molecule has 2 heterocycles. The van der Waals surface area contributed by atoms with Crippen molar-refractivity contribution in [3.05, 3.63) is 21.8 Å². The lowest BCUT2D eigenvalue weighted by molar-refractivity contribution is 0.830. The van der Waals surface area contributed by atoms with Gasteiger partial charge >= 0.3 is 0 Å². The summed E-state index contributed by atoms with van der Waals surface area (Å²) in [5.41, 5.74) is 2.70. The van der Waals surface area contributed by atoms with Crippen LogP contribution < -0.4 is 5.32 Å². The van der Waals surface area contributed by atoms with Gasteiger partial charge in [0.2, 0.25) is 0 Å². The van der Waals surface area contributed by atoms with Crippen LogP contribution in [0.5, 0.6) is 0 Å².